The molecule has 0 amide bonds. The maximum absolute atomic E-state index is 10.6. The highest BCUT2D eigenvalue weighted by molar-refractivity contribution is 7.18. The van der Waals surface area contributed by atoms with Gasteiger partial charge >= 0.3 is 0 Å². The number of rotatable bonds is 1. The molecule has 0 aromatic carbocycles. The zero-order valence-electron chi connectivity index (χ0n) is 4.80. The lowest BCUT2D eigenvalue weighted by Crippen LogP contribution is -1.87. The molecule has 10 heavy (non-hydrogen) atoms. The van der Waals surface area contributed by atoms with Crippen LogP contribution in [0.15, 0.2) is 12.1 Å². The van der Waals surface area contributed by atoms with Crippen LogP contribution in [-0.4, -0.2) is 5.78 Å². The van der Waals surface area contributed by atoms with Crippen molar-refractivity contribution >= 4 is 28.7 Å². The highest BCUT2D eigenvalue weighted by Gasteiger charge is 2.05. The average molecular weight is 172 g/mol. The number of nitriles is 1. The van der Waals surface area contributed by atoms with Crippen molar-refractivity contribution in [3.8, 4) is 6.07 Å². The van der Waals surface area contributed by atoms with Crippen LogP contribution in [0, 0.1) is 11.3 Å². The van der Waals surface area contributed by atoms with E-state index in [4.69, 9.17) is 16.9 Å². The number of hydrogen-bond acceptors (Lipinski definition) is 3. The summed E-state index contributed by atoms with van der Waals surface area (Å²) in [5, 5.41) is 8.16. The number of halogens is 1. The number of Topliss-reactive ketones (excluding diaryl/α,β-unsaturated/α-hetero) is 1. The Balaban J connectivity index is 2.98. The molecular formula is C6H2ClNOS. The van der Waals surface area contributed by atoms with Crippen molar-refractivity contribution in [2.75, 3.05) is 0 Å². The Morgan fingerprint density at radius 1 is 1.70 bits per heavy atom. The standard InChI is InChI=1S/C6H2ClNOS/c7-6-2-1-5(10-6)4(9)3-8/h1-2H. The lowest BCUT2D eigenvalue weighted by Gasteiger charge is -1.77. The Labute approximate surface area is 66.7 Å². The van der Waals surface area contributed by atoms with E-state index in [1.165, 1.54) is 6.07 Å². The molecule has 0 aliphatic heterocycles. The van der Waals surface area contributed by atoms with Crippen molar-refractivity contribution in [3.05, 3.63) is 21.3 Å². The average Bonchev–Trinajstić information content (AvgIpc) is 2.34. The van der Waals surface area contributed by atoms with E-state index in [1.54, 1.807) is 12.1 Å². The van der Waals surface area contributed by atoms with Crippen LogP contribution < -0.4 is 0 Å². The minimum atomic E-state index is -0.531. The third kappa shape index (κ3) is 1.35. The Hall–Kier alpha value is -0.850. The molecule has 1 heterocycles. The van der Waals surface area contributed by atoms with Crippen LogP contribution in [0.2, 0.25) is 4.34 Å². The second-order valence-electron chi connectivity index (χ2n) is 1.54. The van der Waals surface area contributed by atoms with Crippen LogP contribution in [0.5, 0.6) is 0 Å². The van der Waals surface area contributed by atoms with Crippen LogP contribution >= 0.6 is 22.9 Å². The first-order valence-electron chi connectivity index (χ1n) is 2.44. The Kier molecular flexibility index (Phi) is 2.05. The predicted octanol–water partition coefficient (Wildman–Crippen LogP) is 2.11. The van der Waals surface area contributed by atoms with Gasteiger partial charge in [-0.3, -0.25) is 4.79 Å². The van der Waals surface area contributed by atoms with Gasteiger partial charge in [0.25, 0.3) is 5.78 Å². The van der Waals surface area contributed by atoms with Crippen LogP contribution in [0.25, 0.3) is 0 Å². The molecule has 0 fully saturated rings. The van der Waals surface area contributed by atoms with Gasteiger partial charge < -0.3 is 0 Å². The lowest BCUT2D eigenvalue weighted by molar-refractivity contribution is 0.105. The van der Waals surface area contributed by atoms with E-state index in [-0.39, 0.29) is 0 Å². The second-order valence-corrected chi connectivity index (χ2v) is 3.26. The SMILES string of the molecule is N#CC(=O)c1ccc(Cl)s1. The topological polar surface area (TPSA) is 40.9 Å². The second kappa shape index (κ2) is 2.82. The summed E-state index contributed by atoms with van der Waals surface area (Å²) in [4.78, 5) is 11.0. The molecule has 0 aliphatic carbocycles. The van der Waals surface area contributed by atoms with E-state index in [0.29, 0.717) is 9.21 Å². The third-order valence-corrected chi connectivity index (χ3v) is 2.13. The van der Waals surface area contributed by atoms with Crippen LogP contribution in [0.4, 0.5) is 0 Å². The van der Waals surface area contributed by atoms with Gasteiger partial charge in [0.05, 0.1) is 9.21 Å². The minimum absolute atomic E-state index is 0.396. The van der Waals surface area contributed by atoms with E-state index in [1.807, 2.05) is 0 Å². The maximum atomic E-state index is 10.6. The predicted molar refractivity (Wildman–Crippen MR) is 39.3 cm³/mol. The first-order valence-corrected chi connectivity index (χ1v) is 3.63. The summed E-state index contributed by atoms with van der Waals surface area (Å²) in [5.41, 5.74) is 0. The highest BCUT2D eigenvalue weighted by atomic mass is 35.5. The molecule has 1 rings (SSSR count). The molecule has 0 radical (unpaired) electrons. The van der Waals surface area contributed by atoms with Gasteiger partial charge in [-0.15, -0.1) is 11.3 Å². The minimum Gasteiger partial charge on any atom is -0.276 e. The van der Waals surface area contributed by atoms with Gasteiger partial charge in [0.2, 0.25) is 0 Å². The van der Waals surface area contributed by atoms with Crippen molar-refractivity contribution in [3.63, 3.8) is 0 Å². The van der Waals surface area contributed by atoms with Crippen LogP contribution in [0.1, 0.15) is 9.67 Å². The zero-order valence-corrected chi connectivity index (χ0v) is 6.37. The van der Waals surface area contributed by atoms with Crippen LogP contribution in [0.3, 0.4) is 0 Å². The normalized spacial score (nSPS) is 8.80. The summed E-state index contributed by atoms with van der Waals surface area (Å²) in [7, 11) is 0. The van der Waals surface area contributed by atoms with E-state index in [9.17, 15) is 4.79 Å². The lowest BCUT2D eigenvalue weighted by atomic mass is 10.3. The van der Waals surface area contributed by atoms with Gasteiger partial charge in [-0.05, 0) is 12.1 Å². The molecule has 50 valence electrons. The summed E-state index contributed by atoms with van der Waals surface area (Å²) in [6.45, 7) is 0. The molecule has 0 bridgehead atoms. The molecule has 0 saturated carbocycles. The summed E-state index contributed by atoms with van der Waals surface area (Å²) in [5.74, 6) is -0.531. The van der Waals surface area contributed by atoms with E-state index < -0.39 is 5.78 Å². The fraction of sp³-hybridized carbons (Fsp3) is 0. The third-order valence-electron chi connectivity index (χ3n) is 0.899. The van der Waals surface area contributed by atoms with E-state index in [0.717, 1.165) is 11.3 Å². The van der Waals surface area contributed by atoms with Crippen molar-refractivity contribution < 1.29 is 4.79 Å². The van der Waals surface area contributed by atoms with Gasteiger partial charge in [-0.1, -0.05) is 11.6 Å². The molecule has 0 N–H and O–H groups in total. The number of hydrogen-bond donors (Lipinski definition) is 0. The molecule has 0 spiro atoms. The molecule has 0 saturated heterocycles. The number of thiophene rings is 1. The molecule has 1 aromatic heterocycles. The molecule has 1 aromatic rings. The van der Waals surface area contributed by atoms with Crippen molar-refractivity contribution in [2.45, 2.75) is 0 Å². The fourth-order valence-corrected chi connectivity index (χ4v) is 1.42. The molecule has 4 heteroatoms. The molecule has 0 atom stereocenters. The van der Waals surface area contributed by atoms with Gasteiger partial charge in [-0.2, -0.15) is 5.26 Å². The fourth-order valence-electron chi connectivity index (χ4n) is 0.491. The van der Waals surface area contributed by atoms with Crippen molar-refractivity contribution in [2.24, 2.45) is 0 Å². The van der Waals surface area contributed by atoms with Gasteiger partial charge in [0.1, 0.15) is 6.07 Å². The summed E-state index contributed by atoms with van der Waals surface area (Å²) < 4.78 is 0.526. The van der Waals surface area contributed by atoms with Gasteiger partial charge in [0, 0.05) is 0 Å². The van der Waals surface area contributed by atoms with Crippen molar-refractivity contribution in [1.82, 2.24) is 0 Å². The summed E-state index contributed by atoms with van der Waals surface area (Å²) in [6, 6.07) is 4.64. The molecule has 0 aliphatic rings. The highest BCUT2D eigenvalue weighted by Crippen LogP contribution is 2.21. The smallest absolute Gasteiger partial charge is 0.272 e. The summed E-state index contributed by atoms with van der Waals surface area (Å²) in [6.07, 6.45) is 0. The Morgan fingerprint density at radius 3 is 2.80 bits per heavy atom. The first-order chi connectivity index (χ1) is 4.74. The first kappa shape index (κ1) is 7.26. The number of carbonyl (C=O) groups excluding carboxylic acids is 1. The van der Waals surface area contributed by atoms with E-state index in [2.05, 4.69) is 0 Å². The molecular weight excluding hydrogens is 170 g/mol. The molecule has 0 unspecified atom stereocenters. The maximum Gasteiger partial charge on any atom is 0.272 e. The van der Waals surface area contributed by atoms with Gasteiger partial charge in [0.15, 0.2) is 0 Å². The molecule has 2 nitrogen and oxygen atoms in total. The van der Waals surface area contributed by atoms with Crippen LogP contribution in [-0.2, 0) is 0 Å². The summed E-state index contributed by atoms with van der Waals surface area (Å²) >= 11 is 6.63. The monoisotopic (exact) mass is 171 g/mol. The zero-order chi connectivity index (χ0) is 7.56. The van der Waals surface area contributed by atoms with Gasteiger partial charge in [-0.25, -0.2) is 0 Å². The quantitative estimate of drug-likeness (QED) is 0.480. The number of nitrogens with zero attached hydrogens (tertiary/aromatic N) is 1. The number of carbonyl (C=O) groups is 1. The van der Waals surface area contributed by atoms with E-state index >= 15 is 0 Å². The Bertz CT molecular complexity index is 299. The largest absolute Gasteiger partial charge is 0.276 e. The van der Waals surface area contributed by atoms with Crippen molar-refractivity contribution in [1.29, 1.82) is 5.26 Å². The number of ketones is 1. The Morgan fingerprint density at radius 2 is 2.40 bits per heavy atom.